The fourth-order valence-electron chi connectivity index (χ4n) is 3.06. The van der Waals surface area contributed by atoms with Gasteiger partial charge in [0, 0.05) is 0 Å². The lowest BCUT2D eigenvalue weighted by atomic mass is 9.93. The first-order valence-corrected chi connectivity index (χ1v) is 8.19. The van der Waals surface area contributed by atoms with E-state index >= 15 is 0 Å². The minimum Gasteiger partial charge on any atom is -0.496 e. The Balaban J connectivity index is 1.78. The van der Waals surface area contributed by atoms with Gasteiger partial charge in [0.2, 0.25) is 5.90 Å². The monoisotopic (exact) mass is 336 g/mol. The number of aliphatic imine (C=N–C) groups is 2. The number of ether oxygens (including phenoxy) is 2. The summed E-state index contributed by atoms with van der Waals surface area (Å²) in [5.41, 5.74) is 3.06. The fourth-order valence-corrected chi connectivity index (χ4v) is 3.33. The summed E-state index contributed by atoms with van der Waals surface area (Å²) in [5, 5.41) is 0. The van der Waals surface area contributed by atoms with Gasteiger partial charge in [-0.05, 0) is 36.6 Å². The first-order chi connectivity index (χ1) is 11.7. The molecule has 2 aromatic rings. The maximum Gasteiger partial charge on any atom is 0.207 e. The van der Waals surface area contributed by atoms with E-state index in [-0.39, 0.29) is 5.92 Å². The topological polar surface area (TPSA) is 43.2 Å². The van der Waals surface area contributed by atoms with Crippen LogP contribution in [0.4, 0.5) is 0 Å². The third-order valence-electron chi connectivity index (χ3n) is 4.30. The zero-order valence-electron chi connectivity index (χ0n) is 13.4. The molecule has 2 aliphatic rings. The first kappa shape index (κ1) is 15.0. The summed E-state index contributed by atoms with van der Waals surface area (Å²) < 4.78 is 11.5. The van der Waals surface area contributed by atoms with Gasteiger partial charge in [0.1, 0.15) is 16.5 Å². The predicted octanol–water partition coefficient (Wildman–Crippen LogP) is 3.74. The highest BCUT2D eigenvalue weighted by atomic mass is 32.1. The summed E-state index contributed by atoms with van der Waals surface area (Å²) in [6, 6.07) is 13.8. The van der Waals surface area contributed by atoms with Crippen LogP contribution in [0.1, 0.15) is 16.7 Å². The number of benzene rings is 2. The molecule has 0 N–H and O–H groups in total. The number of hydrogen-bond acceptors (Lipinski definition) is 4. The van der Waals surface area contributed by atoms with Crippen molar-refractivity contribution in [3.05, 3.63) is 59.2 Å². The molecule has 0 aliphatic carbocycles. The molecule has 24 heavy (non-hydrogen) atoms. The van der Waals surface area contributed by atoms with Crippen LogP contribution in [0.25, 0.3) is 0 Å². The normalized spacial score (nSPS) is 18.8. The van der Waals surface area contributed by atoms with Crippen molar-refractivity contribution < 1.29 is 9.47 Å². The van der Waals surface area contributed by atoms with Gasteiger partial charge >= 0.3 is 0 Å². The molecule has 0 bridgehead atoms. The van der Waals surface area contributed by atoms with Crippen LogP contribution in [0.5, 0.6) is 11.5 Å². The van der Waals surface area contributed by atoms with E-state index in [1.54, 1.807) is 7.11 Å². The lowest BCUT2D eigenvalue weighted by Gasteiger charge is -2.29. The van der Waals surface area contributed by atoms with Crippen molar-refractivity contribution >= 4 is 28.9 Å². The SMILES string of the molecule is COc1ccccc1C1=NC(=S)C2Cc3cccc(C)c3OC2=N1. The van der Waals surface area contributed by atoms with Crippen LogP contribution in [0.3, 0.4) is 0 Å². The van der Waals surface area contributed by atoms with Gasteiger partial charge in [0.25, 0.3) is 0 Å². The number of para-hydroxylation sites is 2. The molecule has 1 unspecified atom stereocenters. The highest BCUT2D eigenvalue weighted by Crippen LogP contribution is 2.34. The summed E-state index contributed by atoms with van der Waals surface area (Å²) >= 11 is 5.53. The van der Waals surface area contributed by atoms with Gasteiger partial charge in [-0.1, -0.05) is 42.5 Å². The van der Waals surface area contributed by atoms with Crippen LogP contribution in [0, 0.1) is 12.8 Å². The molecule has 4 nitrogen and oxygen atoms in total. The van der Waals surface area contributed by atoms with Crippen molar-refractivity contribution in [1.29, 1.82) is 0 Å². The molecule has 0 saturated carbocycles. The number of thiocarbonyl (C=S) groups is 1. The number of nitrogens with zero attached hydrogens (tertiary/aromatic N) is 2. The van der Waals surface area contributed by atoms with Crippen LogP contribution >= 0.6 is 12.2 Å². The highest BCUT2D eigenvalue weighted by molar-refractivity contribution is 7.80. The van der Waals surface area contributed by atoms with Crippen molar-refractivity contribution in [3.8, 4) is 11.5 Å². The van der Waals surface area contributed by atoms with Gasteiger partial charge in [0.15, 0.2) is 5.84 Å². The van der Waals surface area contributed by atoms with Gasteiger partial charge in [0.05, 0.1) is 18.6 Å². The van der Waals surface area contributed by atoms with Gasteiger partial charge in [-0.15, -0.1) is 0 Å². The zero-order chi connectivity index (χ0) is 16.7. The third-order valence-corrected chi connectivity index (χ3v) is 4.68. The average molecular weight is 336 g/mol. The number of hydrogen-bond donors (Lipinski definition) is 0. The van der Waals surface area contributed by atoms with Crippen LogP contribution in [-0.4, -0.2) is 23.8 Å². The lowest BCUT2D eigenvalue weighted by Crippen LogP contribution is -2.36. The molecule has 0 saturated heterocycles. The Morgan fingerprint density at radius 2 is 1.96 bits per heavy atom. The largest absolute Gasteiger partial charge is 0.496 e. The Morgan fingerprint density at radius 3 is 2.79 bits per heavy atom. The molecule has 5 heteroatoms. The third kappa shape index (κ3) is 2.41. The van der Waals surface area contributed by atoms with E-state index < -0.39 is 0 Å². The number of fused-ring (bicyclic) bond motifs is 2. The molecule has 2 aromatic carbocycles. The van der Waals surface area contributed by atoms with E-state index in [0.29, 0.717) is 22.5 Å². The summed E-state index contributed by atoms with van der Waals surface area (Å²) in [5.74, 6) is 2.69. The van der Waals surface area contributed by atoms with Crippen molar-refractivity contribution in [1.82, 2.24) is 0 Å². The summed E-state index contributed by atoms with van der Waals surface area (Å²) in [4.78, 5) is 9.80. The summed E-state index contributed by atoms with van der Waals surface area (Å²) in [7, 11) is 1.63. The van der Waals surface area contributed by atoms with Crippen LogP contribution < -0.4 is 9.47 Å². The van der Waals surface area contributed by atoms with Gasteiger partial charge in [-0.3, -0.25) is 0 Å². The van der Waals surface area contributed by atoms with Crippen molar-refractivity contribution in [3.63, 3.8) is 0 Å². The Hall–Kier alpha value is -2.53. The molecule has 0 spiro atoms. The van der Waals surface area contributed by atoms with Crippen molar-refractivity contribution in [2.24, 2.45) is 15.9 Å². The Morgan fingerprint density at radius 1 is 1.12 bits per heavy atom. The number of rotatable bonds is 2. The maximum atomic E-state index is 6.10. The van der Waals surface area contributed by atoms with E-state index in [1.165, 1.54) is 0 Å². The predicted molar refractivity (Wildman–Crippen MR) is 98.6 cm³/mol. The minimum atomic E-state index is -0.0762. The van der Waals surface area contributed by atoms with Crippen molar-refractivity contribution in [2.75, 3.05) is 7.11 Å². The standard InChI is InChI=1S/C19H16N2O2S/c1-11-6-5-7-12-10-14-18(23-16(11)12)20-17(21-19(14)24)13-8-3-4-9-15(13)22-2/h3-9,14H,10H2,1-2H3. The van der Waals surface area contributed by atoms with Crippen LogP contribution in [0.15, 0.2) is 52.4 Å². The summed E-state index contributed by atoms with van der Waals surface area (Å²) in [6.07, 6.45) is 0.775. The minimum absolute atomic E-state index is 0.0762. The van der Waals surface area contributed by atoms with E-state index in [2.05, 4.69) is 16.1 Å². The molecular formula is C19H16N2O2S. The van der Waals surface area contributed by atoms with E-state index in [4.69, 9.17) is 21.7 Å². The van der Waals surface area contributed by atoms with Crippen molar-refractivity contribution in [2.45, 2.75) is 13.3 Å². The second-order valence-electron chi connectivity index (χ2n) is 5.85. The number of amidine groups is 1. The van der Waals surface area contributed by atoms with E-state index in [0.717, 1.165) is 28.9 Å². The highest BCUT2D eigenvalue weighted by Gasteiger charge is 2.34. The Labute approximate surface area is 145 Å². The molecule has 4 rings (SSSR count). The Kier molecular flexibility index (Phi) is 3.65. The van der Waals surface area contributed by atoms with Crippen LogP contribution in [0.2, 0.25) is 0 Å². The average Bonchev–Trinajstić information content (AvgIpc) is 2.61. The quantitative estimate of drug-likeness (QED) is 0.785. The molecule has 2 aliphatic heterocycles. The zero-order valence-corrected chi connectivity index (χ0v) is 14.3. The van der Waals surface area contributed by atoms with Crippen LogP contribution in [-0.2, 0) is 6.42 Å². The number of methoxy groups -OCH3 is 1. The Bertz CT molecular complexity index is 902. The fraction of sp³-hybridized carbons (Fsp3) is 0.211. The lowest BCUT2D eigenvalue weighted by molar-refractivity contribution is 0.414. The molecule has 1 atom stereocenters. The molecule has 0 fully saturated rings. The maximum absolute atomic E-state index is 6.10. The second kappa shape index (κ2) is 5.83. The van der Waals surface area contributed by atoms with Gasteiger partial charge in [-0.25, -0.2) is 4.99 Å². The molecule has 120 valence electrons. The molecule has 0 aromatic heterocycles. The van der Waals surface area contributed by atoms with E-state index in [9.17, 15) is 0 Å². The van der Waals surface area contributed by atoms with Gasteiger partial charge < -0.3 is 9.47 Å². The molecular weight excluding hydrogens is 320 g/mol. The molecule has 0 amide bonds. The van der Waals surface area contributed by atoms with Gasteiger partial charge in [-0.2, -0.15) is 4.99 Å². The smallest absolute Gasteiger partial charge is 0.207 e. The number of aryl methyl sites for hydroxylation is 1. The molecule has 2 heterocycles. The summed E-state index contributed by atoms with van der Waals surface area (Å²) in [6.45, 7) is 2.04. The first-order valence-electron chi connectivity index (χ1n) is 7.78. The second-order valence-corrected chi connectivity index (χ2v) is 6.26. The van der Waals surface area contributed by atoms with E-state index in [1.807, 2.05) is 43.3 Å². The molecule has 0 radical (unpaired) electrons.